The molecule has 0 aromatic heterocycles. The van der Waals surface area contributed by atoms with Crippen LogP contribution in [0.15, 0.2) is 84.9 Å². The third-order valence-corrected chi connectivity index (χ3v) is 5.88. The molecule has 7 heteroatoms. The van der Waals surface area contributed by atoms with Gasteiger partial charge in [-0.2, -0.15) is 0 Å². The molecule has 0 radical (unpaired) electrons. The maximum Gasteiger partial charge on any atom is 0.243 e. The van der Waals surface area contributed by atoms with E-state index in [4.69, 9.17) is 10.5 Å². The number of carbonyl (C=O) groups excluding carboxylic acids is 2. The van der Waals surface area contributed by atoms with Crippen molar-refractivity contribution in [3.05, 3.63) is 102 Å². The summed E-state index contributed by atoms with van der Waals surface area (Å²) in [5.41, 5.74) is 8.10. The van der Waals surface area contributed by atoms with Gasteiger partial charge >= 0.3 is 0 Å². The van der Waals surface area contributed by atoms with Gasteiger partial charge < -0.3 is 26.2 Å². The number of amides is 2. The normalized spacial score (nSPS) is 12.6. The highest BCUT2D eigenvalue weighted by molar-refractivity contribution is 5.92. The Kier molecular flexibility index (Phi) is 9.83. The van der Waals surface area contributed by atoms with E-state index in [1.807, 2.05) is 60.7 Å². The zero-order valence-electron chi connectivity index (χ0n) is 19.9. The number of hydrogen-bond acceptors (Lipinski definition) is 5. The second-order valence-corrected chi connectivity index (χ2v) is 8.26. The molecule has 35 heavy (non-hydrogen) atoms. The van der Waals surface area contributed by atoms with E-state index in [0.29, 0.717) is 25.1 Å². The largest absolute Gasteiger partial charge is 0.497 e. The first-order valence-electron chi connectivity index (χ1n) is 11.7. The van der Waals surface area contributed by atoms with Crippen LogP contribution in [0.4, 0.5) is 0 Å². The number of benzene rings is 3. The number of ether oxygens (including phenoxy) is 1. The molecule has 3 rings (SSSR count). The predicted molar refractivity (Wildman–Crippen MR) is 136 cm³/mol. The minimum absolute atomic E-state index is 0.274. The average Bonchev–Trinajstić information content (AvgIpc) is 2.91. The molecule has 5 N–H and O–H groups in total. The number of nitrogens with two attached hydrogens (primary N) is 1. The third kappa shape index (κ3) is 7.15. The van der Waals surface area contributed by atoms with Gasteiger partial charge in [-0.1, -0.05) is 72.8 Å². The van der Waals surface area contributed by atoms with Crippen LogP contribution in [-0.2, 0) is 9.59 Å². The summed E-state index contributed by atoms with van der Waals surface area (Å²) < 4.78 is 5.18. The van der Waals surface area contributed by atoms with Crippen LogP contribution in [0.1, 0.15) is 41.5 Å². The standard InChI is InChI=1S/C28H33N3O4/c1-35-23-16-14-20(15-17-23)25(19-32)31-27(33)24(13-8-18-29)30-28(34)26(21-9-4-2-5-10-21)22-11-6-3-7-12-22/h2-7,9-12,14-17,24-26,32H,8,13,18-19,29H2,1H3,(H,30,34)(H,31,33)/t24-,25+/m1/s1. The van der Waals surface area contributed by atoms with E-state index in [2.05, 4.69) is 10.6 Å². The van der Waals surface area contributed by atoms with E-state index in [0.717, 1.165) is 16.7 Å². The fourth-order valence-electron chi connectivity index (χ4n) is 3.97. The van der Waals surface area contributed by atoms with E-state index >= 15 is 0 Å². The summed E-state index contributed by atoms with van der Waals surface area (Å²) in [6.07, 6.45) is 0.942. The lowest BCUT2D eigenvalue weighted by molar-refractivity contribution is -0.130. The first kappa shape index (κ1) is 25.9. The molecule has 0 aliphatic heterocycles. The van der Waals surface area contributed by atoms with Crippen LogP contribution in [0.3, 0.4) is 0 Å². The van der Waals surface area contributed by atoms with Gasteiger partial charge in [-0.05, 0) is 48.2 Å². The minimum atomic E-state index is -0.798. The number of aliphatic hydroxyl groups excluding tert-OH is 1. The Labute approximate surface area is 206 Å². The molecule has 0 aliphatic rings. The molecule has 0 unspecified atom stereocenters. The summed E-state index contributed by atoms with van der Waals surface area (Å²) in [6, 6.07) is 24.6. The number of rotatable bonds is 12. The number of aliphatic hydroxyl groups is 1. The minimum Gasteiger partial charge on any atom is -0.497 e. The summed E-state index contributed by atoms with van der Waals surface area (Å²) >= 11 is 0. The Bertz CT molecular complexity index is 1020. The molecular formula is C28H33N3O4. The Morgan fingerprint density at radius 1 is 0.829 bits per heavy atom. The van der Waals surface area contributed by atoms with Crippen LogP contribution in [0.5, 0.6) is 5.75 Å². The molecule has 2 atom stereocenters. The van der Waals surface area contributed by atoms with Crippen molar-refractivity contribution in [3.63, 3.8) is 0 Å². The Balaban J connectivity index is 1.80. The van der Waals surface area contributed by atoms with E-state index in [-0.39, 0.29) is 18.4 Å². The van der Waals surface area contributed by atoms with Crippen molar-refractivity contribution in [2.45, 2.75) is 30.8 Å². The quantitative estimate of drug-likeness (QED) is 0.322. The van der Waals surface area contributed by atoms with Gasteiger partial charge in [0.05, 0.1) is 25.7 Å². The number of carbonyl (C=O) groups is 2. The second kappa shape index (κ2) is 13.3. The molecule has 3 aromatic carbocycles. The highest BCUT2D eigenvalue weighted by Crippen LogP contribution is 2.25. The predicted octanol–water partition coefficient (Wildman–Crippen LogP) is 2.90. The van der Waals surface area contributed by atoms with Crippen LogP contribution >= 0.6 is 0 Å². The average molecular weight is 476 g/mol. The van der Waals surface area contributed by atoms with Gasteiger partial charge in [-0.3, -0.25) is 9.59 Å². The molecule has 0 bridgehead atoms. The maximum atomic E-state index is 13.5. The lowest BCUT2D eigenvalue weighted by Crippen LogP contribution is -2.49. The summed E-state index contributed by atoms with van der Waals surface area (Å²) in [7, 11) is 1.57. The van der Waals surface area contributed by atoms with Gasteiger partial charge in [0.15, 0.2) is 0 Å². The molecule has 184 valence electrons. The first-order chi connectivity index (χ1) is 17.1. The van der Waals surface area contributed by atoms with Crippen LogP contribution in [0.2, 0.25) is 0 Å². The summed E-state index contributed by atoms with van der Waals surface area (Å²) in [5, 5.41) is 15.7. The maximum absolute atomic E-state index is 13.5. The Hall–Kier alpha value is -3.68. The number of nitrogens with one attached hydrogen (secondary N) is 2. The van der Waals surface area contributed by atoms with Crippen molar-refractivity contribution in [2.75, 3.05) is 20.3 Å². The fraction of sp³-hybridized carbons (Fsp3) is 0.286. The fourth-order valence-corrected chi connectivity index (χ4v) is 3.97. The lowest BCUT2D eigenvalue weighted by Gasteiger charge is -2.25. The second-order valence-electron chi connectivity index (χ2n) is 8.26. The Morgan fingerprint density at radius 2 is 1.40 bits per heavy atom. The van der Waals surface area contributed by atoms with Crippen molar-refractivity contribution < 1.29 is 19.4 Å². The number of hydrogen-bond donors (Lipinski definition) is 4. The lowest BCUT2D eigenvalue weighted by atomic mass is 9.90. The topological polar surface area (TPSA) is 114 Å². The van der Waals surface area contributed by atoms with Gasteiger partial charge in [0.1, 0.15) is 11.8 Å². The zero-order chi connectivity index (χ0) is 25.0. The van der Waals surface area contributed by atoms with Crippen LogP contribution in [0.25, 0.3) is 0 Å². The number of methoxy groups -OCH3 is 1. The third-order valence-electron chi connectivity index (χ3n) is 5.88. The smallest absolute Gasteiger partial charge is 0.243 e. The van der Waals surface area contributed by atoms with Gasteiger partial charge in [0, 0.05) is 0 Å². The Morgan fingerprint density at radius 3 is 1.89 bits per heavy atom. The SMILES string of the molecule is COc1ccc([C@H](CO)NC(=O)[C@@H](CCCN)NC(=O)C(c2ccccc2)c2ccccc2)cc1. The molecule has 2 amide bonds. The van der Waals surface area contributed by atoms with Crippen molar-refractivity contribution in [3.8, 4) is 5.75 Å². The van der Waals surface area contributed by atoms with E-state index in [1.54, 1.807) is 31.4 Å². The van der Waals surface area contributed by atoms with Crippen molar-refractivity contribution in [1.29, 1.82) is 0 Å². The van der Waals surface area contributed by atoms with Crippen molar-refractivity contribution in [2.24, 2.45) is 5.73 Å². The van der Waals surface area contributed by atoms with Crippen molar-refractivity contribution in [1.82, 2.24) is 10.6 Å². The molecule has 3 aromatic rings. The van der Waals surface area contributed by atoms with Crippen LogP contribution in [-0.4, -0.2) is 43.2 Å². The molecule has 0 heterocycles. The zero-order valence-corrected chi connectivity index (χ0v) is 19.9. The molecule has 0 spiro atoms. The van der Waals surface area contributed by atoms with Crippen molar-refractivity contribution >= 4 is 11.8 Å². The highest BCUT2D eigenvalue weighted by Gasteiger charge is 2.28. The highest BCUT2D eigenvalue weighted by atomic mass is 16.5. The van der Waals surface area contributed by atoms with Gasteiger partial charge in [0.2, 0.25) is 11.8 Å². The molecule has 7 nitrogen and oxygen atoms in total. The monoisotopic (exact) mass is 475 g/mol. The van der Waals surface area contributed by atoms with Gasteiger partial charge in [-0.25, -0.2) is 0 Å². The summed E-state index contributed by atoms with van der Waals surface area (Å²) in [6.45, 7) is 0.106. The van der Waals surface area contributed by atoms with Crippen LogP contribution < -0.4 is 21.1 Å². The molecular weight excluding hydrogens is 442 g/mol. The van der Waals surface area contributed by atoms with E-state index < -0.39 is 18.0 Å². The molecule has 0 saturated carbocycles. The molecule has 0 fully saturated rings. The molecule has 0 aliphatic carbocycles. The van der Waals surface area contributed by atoms with E-state index in [9.17, 15) is 14.7 Å². The summed E-state index contributed by atoms with van der Waals surface area (Å²) in [4.78, 5) is 26.8. The van der Waals surface area contributed by atoms with E-state index in [1.165, 1.54) is 0 Å². The van der Waals surface area contributed by atoms with Gasteiger partial charge in [-0.15, -0.1) is 0 Å². The van der Waals surface area contributed by atoms with Crippen LogP contribution in [0, 0.1) is 0 Å². The van der Waals surface area contributed by atoms with Gasteiger partial charge in [0.25, 0.3) is 0 Å². The summed E-state index contributed by atoms with van der Waals surface area (Å²) in [5.74, 6) is -0.537. The first-order valence-corrected chi connectivity index (χ1v) is 11.7. The molecule has 0 saturated heterocycles.